The first kappa shape index (κ1) is 12.5. The molecule has 0 amide bonds. The van der Waals surface area contributed by atoms with E-state index in [1.54, 1.807) is 23.6 Å². The lowest BCUT2D eigenvalue weighted by Gasteiger charge is -1.96. The van der Waals surface area contributed by atoms with Crippen molar-refractivity contribution in [2.45, 2.75) is 13.8 Å². The van der Waals surface area contributed by atoms with Crippen molar-refractivity contribution in [1.82, 2.24) is 4.98 Å². The van der Waals surface area contributed by atoms with Gasteiger partial charge in [0, 0.05) is 10.9 Å². The molecule has 0 aliphatic carbocycles. The summed E-state index contributed by atoms with van der Waals surface area (Å²) in [6.45, 7) is 4.00. The van der Waals surface area contributed by atoms with E-state index in [0.717, 1.165) is 0 Å². The lowest BCUT2D eigenvalue weighted by molar-refractivity contribution is 0.111. The molecular weight excluding hydrogens is 225 g/mol. The largest absolute Gasteiger partial charge is 0.296 e. The summed E-state index contributed by atoms with van der Waals surface area (Å²) < 4.78 is 13.3. The highest BCUT2D eigenvalue weighted by molar-refractivity contribution is 7.13. The number of halogens is 1. The van der Waals surface area contributed by atoms with Gasteiger partial charge in [-0.05, 0) is 12.1 Å². The average Bonchev–Trinajstić information content (AvgIpc) is 2.81. The number of benzene rings is 1. The van der Waals surface area contributed by atoms with Crippen LogP contribution in [-0.2, 0) is 0 Å². The minimum absolute atomic E-state index is 0.320. The Morgan fingerprint density at radius 2 is 2.00 bits per heavy atom. The number of hydrogen-bond donors (Lipinski definition) is 0. The molecule has 0 aliphatic rings. The lowest BCUT2D eigenvalue weighted by atomic mass is 10.2. The topological polar surface area (TPSA) is 30.0 Å². The molecule has 0 spiro atoms. The highest BCUT2D eigenvalue weighted by atomic mass is 32.1. The van der Waals surface area contributed by atoms with E-state index in [1.165, 1.54) is 17.4 Å². The number of hydrogen-bond acceptors (Lipinski definition) is 3. The Hall–Kier alpha value is -1.55. The fraction of sp³-hybridized carbons (Fsp3) is 0.167. The Morgan fingerprint density at radius 1 is 1.31 bits per heavy atom. The molecule has 0 radical (unpaired) electrons. The number of aldehydes is 1. The molecule has 2 rings (SSSR count). The molecule has 2 nitrogen and oxygen atoms in total. The normalized spacial score (nSPS) is 9.19. The van der Waals surface area contributed by atoms with Crippen molar-refractivity contribution in [3.8, 4) is 10.6 Å². The van der Waals surface area contributed by atoms with Crippen molar-refractivity contribution >= 4 is 17.6 Å². The molecule has 84 valence electrons. The van der Waals surface area contributed by atoms with E-state index in [2.05, 4.69) is 4.98 Å². The molecule has 0 saturated carbocycles. The van der Waals surface area contributed by atoms with Gasteiger partial charge in [0.2, 0.25) is 0 Å². The SMILES string of the molecule is CC.O=Cc1csc(-c2ccccc2F)n1. The number of rotatable bonds is 2. The number of aromatic nitrogens is 1. The quantitative estimate of drug-likeness (QED) is 0.744. The summed E-state index contributed by atoms with van der Waals surface area (Å²) in [7, 11) is 0. The molecular formula is C12H12FNOS. The Morgan fingerprint density at radius 3 is 2.56 bits per heavy atom. The van der Waals surface area contributed by atoms with Gasteiger partial charge in [-0.25, -0.2) is 9.37 Å². The van der Waals surface area contributed by atoms with Crippen LogP contribution in [0.3, 0.4) is 0 Å². The van der Waals surface area contributed by atoms with Gasteiger partial charge in [-0.2, -0.15) is 0 Å². The van der Waals surface area contributed by atoms with Gasteiger partial charge in [-0.1, -0.05) is 26.0 Å². The second-order valence-corrected chi connectivity index (χ2v) is 3.53. The molecule has 1 heterocycles. The minimum Gasteiger partial charge on any atom is -0.296 e. The third-order valence-electron chi connectivity index (χ3n) is 1.75. The molecule has 1 aromatic heterocycles. The van der Waals surface area contributed by atoms with E-state index < -0.39 is 0 Å². The Balaban J connectivity index is 0.000000606. The van der Waals surface area contributed by atoms with Crippen LogP contribution < -0.4 is 0 Å². The van der Waals surface area contributed by atoms with Gasteiger partial charge in [-0.3, -0.25) is 4.79 Å². The van der Waals surface area contributed by atoms with Crippen molar-refractivity contribution < 1.29 is 9.18 Å². The first-order valence-corrected chi connectivity index (χ1v) is 5.85. The predicted molar refractivity (Wildman–Crippen MR) is 64.2 cm³/mol. The Kier molecular flexibility index (Phi) is 4.79. The maximum atomic E-state index is 13.3. The van der Waals surface area contributed by atoms with Crippen LogP contribution in [0.2, 0.25) is 0 Å². The summed E-state index contributed by atoms with van der Waals surface area (Å²) in [6, 6.07) is 6.37. The van der Waals surface area contributed by atoms with Crippen molar-refractivity contribution in [1.29, 1.82) is 0 Å². The van der Waals surface area contributed by atoms with Crippen LogP contribution in [0.15, 0.2) is 29.6 Å². The summed E-state index contributed by atoms with van der Waals surface area (Å²) in [4.78, 5) is 14.4. The third kappa shape index (κ3) is 2.73. The monoisotopic (exact) mass is 237 g/mol. The third-order valence-corrected chi connectivity index (χ3v) is 2.64. The first-order chi connectivity index (χ1) is 7.81. The van der Waals surface area contributed by atoms with Gasteiger partial charge in [0.05, 0.1) is 0 Å². The van der Waals surface area contributed by atoms with Gasteiger partial charge in [0.1, 0.15) is 16.5 Å². The maximum Gasteiger partial charge on any atom is 0.169 e. The highest BCUT2D eigenvalue weighted by Gasteiger charge is 2.07. The molecule has 4 heteroatoms. The van der Waals surface area contributed by atoms with E-state index in [1.807, 2.05) is 13.8 Å². The van der Waals surface area contributed by atoms with E-state index in [0.29, 0.717) is 22.6 Å². The highest BCUT2D eigenvalue weighted by Crippen LogP contribution is 2.25. The standard InChI is InChI=1S/C10H6FNOS.C2H6/c11-9-4-2-1-3-8(9)10-12-7(5-13)6-14-10;1-2/h1-6H;1-2H3. The number of carbonyl (C=O) groups is 1. The van der Waals surface area contributed by atoms with Gasteiger partial charge >= 0.3 is 0 Å². The van der Waals surface area contributed by atoms with Crippen LogP contribution in [0, 0.1) is 5.82 Å². The molecule has 0 unspecified atom stereocenters. The summed E-state index contributed by atoms with van der Waals surface area (Å²) in [5, 5.41) is 2.14. The lowest BCUT2D eigenvalue weighted by Crippen LogP contribution is -1.83. The van der Waals surface area contributed by atoms with Crippen LogP contribution in [0.1, 0.15) is 24.3 Å². The van der Waals surface area contributed by atoms with Crippen molar-refractivity contribution in [2.75, 3.05) is 0 Å². The molecule has 1 aromatic carbocycles. The summed E-state index contributed by atoms with van der Waals surface area (Å²) in [6.07, 6.45) is 0.654. The van der Waals surface area contributed by atoms with E-state index in [-0.39, 0.29) is 5.82 Å². The molecule has 0 aliphatic heterocycles. The van der Waals surface area contributed by atoms with Crippen molar-refractivity contribution in [3.63, 3.8) is 0 Å². The van der Waals surface area contributed by atoms with Crippen LogP contribution >= 0.6 is 11.3 Å². The number of nitrogens with zero attached hydrogens (tertiary/aromatic N) is 1. The van der Waals surface area contributed by atoms with E-state index in [4.69, 9.17) is 0 Å². The minimum atomic E-state index is -0.320. The number of carbonyl (C=O) groups excluding carboxylic acids is 1. The van der Waals surface area contributed by atoms with E-state index in [9.17, 15) is 9.18 Å². The second kappa shape index (κ2) is 6.12. The van der Waals surface area contributed by atoms with Gasteiger partial charge in [0.15, 0.2) is 6.29 Å². The van der Waals surface area contributed by atoms with Crippen molar-refractivity contribution in [2.24, 2.45) is 0 Å². The molecule has 0 fully saturated rings. The predicted octanol–water partition coefficient (Wildman–Crippen LogP) is 3.79. The Bertz CT molecular complexity index is 468. The van der Waals surface area contributed by atoms with E-state index >= 15 is 0 Å². The zero-order valence-corrected chi connectivity index (χ0v) is 9.92. The second-order valence-electron chi connectivity index (χ2n) is 2.68. The van der Waals surface area contributed by atoms with Crippen LogP contribution in [0.25, 0.3) is 10.6 Å². The van der Waals surface area contributed by atoms with Gasteiger partial charge in [-0.15, -0.1) is 11.3 Å². The van der Waals surface area contributed by atoms with Crippen LogP contribution in [0.4, 0.5) is 4.39 Å². The fourth-order valence-corrected chi connectivity index (χ4v) is 1.89. The molecule has 16 heavy (non-hydrogen) atoms. The maximum absolute atomic E-state index is 13.3. The average molecular weight is 237 g/mol. The summed E-state index contributed by atoms with van der Waals surface area (Å²) in [5.41, 5.74) is 0.777. The molecule has 0 bridgehead atoms. The zero-order chi connectivity index (χ0) is 12.0. The zero-order valence-electron chi connectivity index (χ0n) is 9.11. The number of thiazole rings is 1. The summed E-state index contributed by atoms with van der Waals surface area (Å²) in [5.74, 6) is -0.320. The van der Waals surface area contributed by atoms with Gasteiger partial charge in [0.25, 0.3) is 0 Å². The fourth-order valence-electron chi connectivity index (χ4n) is 1.10. The molecule has 0 N–H and O–H groups in total. The van der Waals surface area contributed by atoms with Crippen molar-refractivity contribution in [3.05, 3.63) is 41.2 Å². The first-order valence-electron chi connectivity index (χ1n) is 4.97. The summed E-state index contributed by atoms with van der Waals surface area (Å²) >= 11 is 1.26. The molecule has 2 aromatic rings. The van der Waals surface area contributed by atoms with Crippen LogP contribution in [-0.4, -0.2) is 11.3 Å². The van der Waals surface area contributed by atoms with Gasteiger partial charge < -0.3 is 0 Å². The molecule has 0 saturated heterocycles. The molecule has 0 atom stereocenters. The smallest absolute Gasteiger partial charge is 0.169 e. The van der Waals surface area contributed by atoms with Crippen LogP contribution in [0.5, 0.6) is 0 Å². The Labute approximate surface area is 97.8 Å².